The molecule has 1 aliphatic heterocycles. The minimum absolute atomic E-state index is 0.171. The van der Waals surface area contributed by atoms with Crippen LogP contribution in [0.4, 0.5) is 5.00 Å². The van der Waals surface area contributed by atoms with E-state index in [1.165, 1.54) is 41.7 Å². The summed E-state index contributed by atoms with van der Waals surface area (Å²) in [5.41, 5.74) is 2.83. The maximum Gasteiger partial charge on any atom is 0.228 e. The van der Waals surface area contributed by atoms with Gasteiger partial charge in [-0.25, -0.2) is 0 Å². The summed E-state index contributed by atoms with van der Waals surface area (Å²) in [7, 11) is 0. The van der Waals surface area contributed by atoms with Gasteiger partial charge in [-0.3, -0.25) is 4.79 Å². The topological polar surface area (TPSA) is 41.1 Å². The maximum absolute atomic E-state index is 12.4. The van der Waals surface area contributed by atoms with Crippen LogP contribution in [0.25, 0.3) is 0 Å². The molecule has 20 heavy (non-hydrogen) atoms. The molecule has 2 heterocycles. The van der Waals surface area contributed by atoms with Crippen molar-refractivity contribution in [3.63, 3.8) is 0 Å². The quantitative estimate of drug-likeness (QED) is 0.878. The zero-order valence-corrected chi connectivity index (χ0v) is 13.2. The van der Waals surface area contributed by atoms with Crippen LogP contribution in [0.2, 0.25) is 0 Å². The van der Waals surface area contributed by atoms with Crippen LogP contribution in [0.5, 0.6) is 0 Å². The summed E-state index contributed by atoms with van der Waals surface area (Å²) < 4.78 is 0. The first-order chi connectivity index (χ1) is 9.65. The molecule has 3 nitrogen and oxygen atoms in total. The van der Waals surface area contributed by atoms with Gasteiger partial charge in [0.25, 0.3) is 0 Å². The highest BCUT2D eigenvalue weighted by Gasteiger charge is 2.26. The number of hydrogen-bond donors (Lipinski definition) is 2. The number of fused-ring (bicyclic) bond motifs is 1. The smallest absolute Gasteiger partial charge is 0.228 e. The first-order valence-electron chi connectivity index (χ1n) is 7.80. The molecule has 3 rings (SSSR count). The van der Waals surface area contributed by atoms with Crippen LogP contribution in [-0.4, -0.2) is 18.5 Å². The highest BCUT2D eigenvalue weighted by atomic mass is 32.1. The molecule has 2 atom stereocenters. The minimum Gasteiger partial charge on any atom is -0.317 e. The number of aryl methyl sites for hydroxylation is 1. The van der Waals surface area contributed by atoms with Crippen molar-refractivity contribution in [2.24, 2.45) is 5.92 Å². The zero-order valence-electron chi connectivity index (χ0n) is 12.4. The number of anilines is 1. The Bertz CT molecular complexity index is 509. The largest absolute Gasteiger partial charge is 0.317 e. The third kappa shape index (κ3) is 2.77. The zero-order chi connectivity index (χ0) is 14.1. The number of piperidine rings is 1. The predicted molar refractivity (Wildman–Crippen MR) is 84.5 cm³/mol. The fourth-order valence-electron chi connectivity index (χ4n) is 3.43. The summed E-state index contributed by atoms with van der Waals surface area (Å²) >= 11 is 1.81. The van der Waals surface area contributed by atoms with Crippen molar-refractivity contribution < 1.29 is 4.79 Å². The Balaban J connectivity index is 1.71. The molecule has 0 unspecified atom stereocenters. The Morgan fingerprint density at radius 1 is 1.35 bits per heavy atom. The first kappa shape index (κ1) is 14.1. The molecular weight excluding hydrogens is 268 g/mol. The van der Waals surface area contributed by atoms with Gasteiger partial charge in [0.1, 0.15) is 0 Å². The van der Waals surface area contributed by atoms with Gasteiger partial charge >= 0.3 is 0 Å². The summed E-state index contributed by atoms with van der Waals surface area (Å²) in [6.07, 6.45) is 6.89. The molecule has 1 amide bonds. The Labute approximate surface area is 125 Å². The third-order valence-corrected chi connectivity index (χ3v) is 5.98. The van der Waals surface area contributed by atoms with Crippen molar-refractivity contribution >= 4 is 22.2 Å². The number of carbonyl (C=O) groups is 1. The molecule has 0 spiro atoms. The van der Waals surface area contributed by atoms with Gasteiger partial charge in [0.15, 0.2) is 0 Å². The third-order valence-electron chi connectivity index (χ3n) is 4.67. The van der Waals surface area contributed by atoms with E-state index in [2.05, 4.69) is 24.5 Å². The van der Waals surface area contributed by atoms with Crippen LogP contribution < -0.4 is 10.6 Å². The van der Waals surface area contributed by atoms with E-state index < -0.39 is 0 Å². The molecule has 110 valence electrons. The van der Waals surface area contributed by atoms with Gasteiger partial charge in [0.05, 0.1) is 5.00 Å². The van der Waals surface area contributed by atoms with Crippen molar-refractivity contribution in [1.29, 1.82) is 0 Å². The molecule has 1 saturated heterocycles. The van der Waals surface area contributed by atoms with Crippen molar-refractivity contribution in [2.75, 3.05) is 11.9 Å². The number of carbonyl (C=O) groups excluding carboxylic acids is 1. The van der Waals surface area contributed by atoms with Gasteiger partial charge in [-0.1, -0.05) is 0 Å². The molecule has 1 aromatic rings. The van der Waals surface area contributed by atoms with E-state index in [-0.39, 0.29) is 11.8 Å². The van der Waals surface area contributed by atoms with Gasteiger partial charge in [0.2, 0.25) is 5.91 Å². The van der Waals surface area contributed by atoms with Gasteiger partial charge < -0.3 is 10.6 Å². The van der Waals surface area contributed by atoms with Crippen LogP contribution in [0.1, 0.15) is 48.6 Å². The van der Waals surface area contributed by atoms with Crippen LogP contribution in [0.15, 0.2) is 0 Å². The van der Waals surface area contributed by atoms with Crippen molar-refractivity contribution in [1.82, 2.24) is 5.32 Å². The molecule has 0 radical (unpaired) electrons. The molecule has 1 aliphatic carbocycles. The van der Waals surface area contributed by atoms with E-state index in [4.69, 9.17) is 0 Å². The molecule has 0 aromatic carbocycles. The van der Waals surface area contributed by atoms with E-state index >= 15 is 0 Å². The summed E-state index contributed by atoms with van der Waals surface area (Å²) in [6.45, 7) is 5.29. The molecule has 2 aliphatic rings. The average molecular weight is 292 g/mol. The molecule has 2 N–H and O–H groups in total. The molecule has 1 fully saturated rings. The second-order valence-corrected chi connectivity index (χ2v) is 7.34. The summed E-state index contributed by atoms with van der Waals surface area (Å²) in [4.78, 5) is 13.9. The highest BCUT2D eigenvalue weighted by Crippen LogP contribution is 2.37. The Morgan fingerprint density at radius 2 is 2.15 bits per heavy atom. The van der Waals surface area contributed by atoms with E-state index in [0.717, 1.165) is 24.4 Å². The van der Waals surface area contributed by atoms with Crippen LogP contribution in [-0.2, 0) is 17.6 Å². The number of nitrogens with one attached hydrogen (secondary N) is 2. The second-order valence-electron chi connectivity index (χ2n) is 6.23. The molecule has 1 aromatic heterocycles. The van der Waals surface area contributed by atoms with Crippen LogP contribution in [0, 0.1) is 12.8 Å². The van der Waals surface area contributed by atoms with Crippen LogP contribution in [0.3, 0.4) is 0 Å². The van der Waals surface area contributed by atoms with E-state index in [1.54, 1.807) is 0 Å². The molecular formula is C16H24N2OS. The Hall–Kier alpha value is -0.870. The lowest BCUT2D eigenvalue weighted by Crippen LogP contribution is -2.40. The van der Waals surface area contributed by atoms with E-state index in [0.29, 0.717) is 6.04 Å². The number of thiophene rings is 1. The lowest BCUT2D eigenvalue weighted by atomic mass is 9.92. The fourth-order valence-corrected chi connectivity index (χ4v) is 4.73. The number of hydrogen-bond acceptors (Lipinski definition) is 3. The maximum atomic E-state index is 12.4. The monoisotopic (exact) mass is 292 g/mol. The fraction of sp³-hybridized carbons (Fsp3) is 0.688. The molecule has 4 heteroatoms. The Morgan fingerprint density at radius 3 is 2.90 bits per heavy atom. The van der Waals surface area contributed by atoms with Crippen molar-refractivity contribution in [3.8, 4) is 0 Å². The molecule has 0 bridgehead atoms. The lowest BCUT2D eigenvalue weighted by molar-refractivity contribution is -0.120. The second kappa shape index (κ2) is 5.86. The summed E-state index contributed by atoms with van der Waals surface area (Å²) in [6, 6.07) is 0.456. The van der Waals surface area contributed by atoms with Crippen molar-refractivity contribution in [2.45, 2.75) is 58.4 Å². The lowest BCUT2D eigenvalue weighted by Gasteiger charge is -2.27. The van der Waals surface area contributed by atoms with Gasteiger partial charge in [-0.2, -0.15) is 0 Å². The SMILES string of the molecule is Cc1c(NC(=O)[C@H]2CCN[C@@H](C)C2)sc2c1CCCC2. The standard InChI is InChI=1S/C16H24N2OS/c1-10-9-12(7-8-17-10)15(19)18-16-11(2)13-5-3-4-6-14(13)20-16/h10,12,17H,3-9H2,1-2H3,(H,18,19)/t10-,12-/m0/s1. The molecule has 0 saturated carbocycles. The number of rotatable bonds is 2. The van der Waals surface area contributed by atoms with Gasteiger partial charge in [-0.05, 0) is 70.0 Å². The summed E-state index contributed by atoms with van der Waals surface area (Å²) in [5.74, 6) is 0.393. The van der Waals surface area contributed by atoms with Crippen molar-refractivity contribution in [3.05, 3.63) is 16.0 Å². The van der Waals surface area contributed by atoms with Crippen LogP contribution >= 0.6 is 11.3 Å². The van der Waals surface area contributed by atoms with E-state index in [9.17, 15) is 4.79 Å². The average Bonchev–Trinajstić information content (AvgIpc) is 2.76. The normalized spacial score (nSPS) is 26.1. The van der Waals surface area contributed by atoms with Gasteiger partial charge in [-0.15, -0.1) is 11.3 Å². The minimum atomic E-state index is 0.171. The Kier molecular flexibility index (Phi) is 4.13. The summed E-state index contributed by atoms with van der Waals surface area (Å²) in [5, 5.41) is 7.72. The van der Waals surface area contributed by atoms with Gasteiger partial charge in [0, 0.05) is 16.8 Å². The first-order valence-corrected chi connectivity index (χ1v) is 8.62. The predicted octanol–water partition coefficient (Wildman–Crippen LogP) is 3.26. The van der Waals surface area contributed by atoms with E-state index in [1.807, 2.05) is 11.3 Å². The highest BCUT2D eigenvalue weighted by molar-refractivity contribution is 7.16. The number of amides is 1.